The quantitative estimate of drug-likeness (QED) is 0.707. The minimum Gasteiger partial charge on any atom is -0.481 e. The van der Waals surface area contributed by atoms with Crippen molar-refractivity contribution < 1.29 is 19.4 Å². The molecule has 1 aliphatic rings. The average Bonchev–Trinajstić information content (AvgIpc) is 2.97. The standard InChI is InChI=1S/C20H21NO4S/c22-19-11-8-16(21(19)26-13-12-20(23)24)14-15-6-9-18(10-7-15)25-17-4-2-1-3-5-17/h1-7,9-10,16H,8,11-14H2,(H,23,24)/t16-/m1/s1. The largest absolute Gasteiger partial charge is 0.481 e. The maximum Gasteiger partial charge on any atom is 0.304 e. The molecule has 2 aromatic rings. The van der Waals surface area contributed by atoms with Gasteiger partial charge < -0.3 is 9.84 Å². The molecule has 1 N–H and O–H groups in total. The lowest BCUT2D eigenvalue weighted by molar-refractivity contribution is -0.136. The van der Waals surface area contributed by atoms with Crippen molar-refractivity contribution in [3.05, 3.63) is 60.2 Å². The highest BCUT2D eigenvalue weighted by Crippen LogP contribution is 2.30. The Balaban J connectivity index is 1.57. The molecule has 0 unspecified atom stereocenters. The van der Waals surface area contributed by atoms with E-state index in [2.05, 4.69) is 0 Å². The number of benzene rings is 2. The number of carboxylic acid groups (broad SMARTS) is 1. The highest BCUT2D eigenvalue weighted by atomic mass is 32.2. The van der Waals surface area contributed by atoms with Crippen LogP contribution in [0.1, 0.15) is 24.8 Å². The van der Waals surface area contributed by atoms with E-state index in [1.54, 1.807) is 4.31 Å². The fraction of sp³-hybridized carbons (Fsp3) is 0.300. The third kappa shape index (κ3) is 5.02. The third-order valence-electron chi connectivity index (χ3n) is 4.19. The number of hydrogen-bond donors (Lipinski definition) is 1. The van der Waals surface area contributed by atoms with Crippen molar-refractivity contribution in [1.29, 1.82) is 0 Å². The Labute approximate surface area is 157 Å². The fourth-order valence-corrected chi connectivity index (χ4v) is 3.99. The van der Waals surface area contributed by atoms with E-state index in [1.165, 1.54) is 11.9 Å². The first-order valence-electron chi connectivity index (χ1n) is 8.60. The molecule has 6 heteroatoms. The molecule has 1 aliphatic heterocycles. The first-order chi connectivity index (χ1) is 12.6. The number of nitrogens with zero attached hydrogens (tertiary/aromatic N) is 1. The van der Waals surface area contributed by atoms with Crippen molar-refractivity contribution in [2.75, 3.05) is 5.75 Å². The lowest BCUT2D eigenvalue weighted by Gasteiger charge is -2.23. The summed E-state index contributed by atoms with van der Waals surface area (Å²) >= 11 is 1.33. The van der Waals surface area contributed by atoms with E-state index in [4.69, 9.17) is 9.84 Å². The highest BCUT2D eigenvalue weighted by molar-refractivity contribution is 7.97. The predicted octanol–water partition coefficient (Wildman–Crippen LogP) is 4.14. The maximum absolute atomic E-state index is 12.0. The molecule has 1 heterocycles. The Kier molecular flexibility index (Phi) is 6.17. The second kappa shape index (κ2) is 8.76. The summed E-state index contributed by atoms with van der Waals surface area (Å²) in [5, 5.41) is 8.76. The van der Waals surface area contributed by atoms with Gasteiger partial charge >= 0.3 is 5.97 Å². The van der Waals surface area contributed by atoms with Crippen molar-refractivity contribution in [2.24, 2.45) is 0 Å². The molecule has 5 nitrogen and oxygen atoms in total. The highest BCUT2D eigenvalue weighted by Gasteiger charge is 2.31. The van der Waals surface area contributed by atoms with Crippen LogP contribution in [0.2, 0.25) is 0 Å². The SMILES string of the molecule is O=C(O)CCSN1C(=O)CC[C@@H]1Cc1ccc(Oc2ccccc2)cc1. The molecular weight excluding hydrogens is 350 g/mol. The van der Waals surface area contributed by atoms with E-state index in [1.807, 2.05) is 54.6 Å². The molecule has 1 amide bonds. The Morgan fingerprint density at radius 1 is 1.12 bits per heavy atom. The monoisotopic (exact) mass is 371 g/mol. The van der Waals surface area contributed by atoms with Crippen LogP contribution in [0.4, 0.5) is 0 Å². The number of aliphatic carboxylic acids is 1. The smallest absolute Gasteiger partial charge is 0.304 e. The van der Waals surface area contributed by atoms with Crippen LogP contribution in [0.25, 0.3) is 0 Å². The average molecular weight is 371 g/mol. The number of hydrogen-bond acceptors (Lipinski definition) is 4. The van der Waals surface area contributed by atoms with Crippen LogP contribution in [0.5, 0.6) is 11.5 Å². The lowest BCUT2D eigenvalue weighted by atomic mass is 10.0. The number of amides is 1. The number of carboxylic acids is 1. The van der Waals surface area contributed by atoms with Crippen LogP contribution < -0.4 is 4.74 Å². The molecule has 0 spiro atoms. The second-order valence-corrected chi connectivity index (χ2v) is 7.21. The molecule has 0 aliphatic carbocycles. The van der Waals surface area contributed by atoms with E-state index in [9.17, 15) is 9.59 Å². The van der Waals surface area contributed by atoms with Gasteiger partial charge in [-0.25, -0.2) is 0 Å². The molecule has 1 fully saturated rings. The van der Waals surface area contributed by atoms with Crippen LogP contribution in [-0.4, -0.2) is 33.1 Å². The van der Waals surface area contributed by atoms with Gasteiger partial charge in [0.25, 0.3) is 0 Å². The first-order valence-corrected chi connectivity index (χ1v) is 9.54. The topological polar surface area (TPSA) is 66.8 Å². The van der Waals surface area contributed by atoms with Gasteiger partial charge in [0.2, 0.25) is 5.91 Å². The number of para-hydroxylation sites is 1. The summed E-state index contributed by atoms with van der Waals surface area (Å²) in [6.07, 6.45) is 2.16. The number of carbonyl (C=O) groups is 2. The molecule has 0 radical (unpaired) electrons. The zero-order valence-corrected chi connectivity index (χ0v) is 15.2. The van der Waals surface area contributed by atoms with Gasteiger partial charge in [-0.2, -0.15) is 0 Å². The first kappa shape index (κ1) is 18.3. The number of ether oxygens (including phenoxy) is 1. The summed E-state index contributed by atoms with van der Waals surface area (Å²) in [5.41, 5.74) is 1.13. The molecule has 0 aromatic heterocycles. The summed E-state index contributed by atoms with van der Waals surface area (Å²) in [6.45, 7) is 0. The normalized spacial score (nSPS) is 16.7. The van der Waals surface area contributed by atoms with Gasteiger partial charge in [0.05, 0.1) is 6.42 Å². The zero-order valence-electron chi connectivity index (χ0n) is 14.3. The van der Waals surface area contributed by atoms with Crippen molar-refractivity contribution in [2.45, 2.75) is 31.7 Å². The van der Waals surface area contributed by atoms with E-state index < -0.39 is 5.97 Å². The van der Waals surface area contributed by atoms with Crippen molar-refractivity contribution in [3.8, 4) is 11.5 Å². The summed E-state index contributed by atoms with van der Waals surface area (Å²) < 4.78 is 7.55. The zero-order chi connectivity index (χ0) is 18.4. The minimum absolute atomic E-state index is 0.0622. The second-order valence-electron chi connectivity index (χ2n) is 6.15. The van der Waals surface area contributed by atoms with Crippen molar-refractivity contribution in [3.63, 3.8) is 0 Å². The summed E-state index contributed by atoms with van der Waals surface area (Å²) in [7, 11) is 0. The molecule has 136 valence electrons. The Bertz CT molecular complexity index is 748. The van der Waals surface area contributed by atoms with Crippen LogP contribution in [0.15, 0.2) is 54.6 Å². The van der Waals surface area contributed by atoms with Crippen molar-refractivity contribution in [1.82, 2.24) is 4.31 Å². The molecule has 26 heavy (non-hydrogen) atoms. The molecular formula is C20H21NO4S. The van der Waals surface area contributed by atoms with Gasteiger partial charge in [-0.15, -0.1) is 0 Å². The third-order valence-corrected chi connectivity index (χ3v) is 5.36. The van der Waals surface area contributed by atoms with E-state index in [0.717, 1.165) is 29.9 Å². The Hall–Kier alpha value is -2.47. The molecule has 1 atom stereocenters. The van der Waals surface area contributed by atoms with Gasteiger partial charge in [0, 0.05) is 18.2 Å². The predicted molar refractivity (Wildman–Crippen MR) is 101 cm³/mol. The van der Waals surface area contributed by atoms with Gasteiger partial charge in [-0.3, -0.25) is 13.9 Å². The fourth-order valence-electron chi connectivity index (χ4n) is 2.91. The summed E-state index contributed by atoms with van der Waals surface area (Å²) in [5.74, 6) is 1.24. The van der Waals surface area contributed by atoms with Crippen LogP contribution in [0, 0.1) is 0 Å². The summed E-state index contributed by atoms with van der Waals surface area (Å²) in [6, 6.07) is 17.6. The molecule has 3 rings (SSSR count). The van der Waals surface area contributed by atoms with Gasteiger partial charge in [-0.05, 0) is 54.6 Å². The van der Waals surface area contributed by atoms with Crippen LogP contribution in [-0.2, 0) is 16.0 Å². The molecule has 0 saturated carbocycles. The van der Waals surface area contributed by atoms with Gasteiger partial charge in [0.15, 0.2) is 0 Å². The number of carbonyl (C=O) groups excluding carboxylic acids is 1. The van der Waals surface area contributed by atoms with Gasteiger partial charge in [0.1, 0.15) is 11.5 Å². The molecule has 2 aromatic carbocycles. The van der Waals surface area contributed by atoms with Crippen molar-refractivity contribution >= 4 is 23.8 Å². The molecule has 0 bridgehead atoms. The minimum atomic E-state index is -0.838. The van der Waals surface area contributed by atoms with E-state index >= 15 is 0 Å². The number of rotatable bonds is 8. The van der Waals surface area contributed by atoms with E-state index in [0.29, 0.717) is 12.2 Å². The summed E-state index contributed by atoms with van der Waals surface area (Å²) in [4.78, 5) is 22.7. The Morgan fingerprint density at radius 3 is 2.50 bits per heavy atom. The molecule has 1 saturated heterocycles. The lowest BCUT2D eigenvalue weighted by Crippen LogP contribution is -2.28. The maximum atomic E-state index is 12.0. The van der Waals surface area contributed by atoms with Gasteiger partial charge in [-0.1, -0.05) is 30.3 Å². The van der Waals surface area contributed by atoms with Crippen LogP contribution in [0.3, 0.4) is 0 Å². The Morgan fingerprint density at radius 2 is 1.81 bits per heavy atom. The van der Waals surface area contributed by atoms with Crippen LogP contribution >= 0.6 is 11.9 Å². The van der Waals surface area contributed by atoms with E-state index in [-0.39, 0.29) is 18.4 Å².